The molecule has 1 fully saturated rings. The summed E-state index contributed by atoms with van der Waals surface area (Å²) in [6, 6.07) is -2.75. The molecule has 0 saturated heterocycles. The second-order valence-corrected chi connectivity index (χ2v) is 3.56. The normalized spacial score (nSPS) is 41.1. The lowest BCUT2D eigenvalue weighted by Crippen LogP contribution is -2.47. The zero-order valence-electron chi connectivity index (χ0n) is 15.8. The molecule has 0 aromatic heterocycles. The van der Waals surface area contributed by atoms with Crippen LogP contribution in [0.2, 0.25) is 5.02 Å². The first-order valence-electron chi connectivity index (χ1n) is 8.39. The minimum Gasteiger partial charge on any atom is -0.315 e. The van der Waals surface area contributed by atoms with E-state index in [2.05, 4.69) is 0 Å². The molecule has 3 heteroatoms. The third-order valence-corrected chi connectivity index (χ3v) is 2.49. The Balaban J connectivity index is 2.89. The molecule has 2 N–H and O–H groups in total. The van der Waals surface area contributed by atoms with Crippen molar-refractivity contribution in [2.75, 3.05) is 0 Å². The van der Waals surface area contributed by atoms with Crippen LogP contribution in [0.25, 0.3) is 0 Å². The van der Waals surface area contributed by atoms with Crippen LogP contribution in [0.3, 0.4) is 0 Å². The van der Waals surface area contributed by atoms with Gasteiger partial charge in [-0.25, -0.2) is 0 Å². The number of rotatable bonds is 1. The molecule has 1 saturated carbocycles. The summed E-state index contributed by atoms with van der Waals surface area (Å²) >= 11 is 5.95. The minimum atomic E-state index is -2.61. The SMILES string of the molecule is [2H]c1c([2H])c([2H])c(C2(N)C(=O)C([2H])([2H])CCC2([2H])[2H])c(Cl)c1[2H]. The van der Waals surface area contributed by atoms with Gasteiger partial charge in [-0.1, -0.05) is 36.1 Å². The molecule has 0 amide bonds. The topological polar surface area (TPSA) is 43.1 Å². The van der Waals surface area contributed by atoms with Gasteiger partial charge in [0.2, 0.25) is 0 Å². The van der Waals surface area contributed by atoms with E-state index in [1.54, 1.807) is 0 Å². The van der Waals surface area contributed by atoms with Crippen LogP contribution in [0, 0.1) is 0 Å². The van der Waals surface area contributed by atoms with Crippen LogP contribution >= 0.6 is 11.6 Å². The first-order valence-corrected chi connectivity index (χ1v) is 4.77. The molecule has 0 radical (unpaired) electrons. The number of carbonyl (C=O) groups excluding carboxylic acids is 1. The molecule has 0 bridgehead atoms. The van der Waals surface area contributed by atoms with E-state index >= 15 is 0 Å². The molecule has 0 heterocycles. The van der Waals surface area contributed by atoms with Gasteiger partial charge >= 0.3 is 0 Å². The quantitative estimate of drug-likeness (QED) is 0.808. The number of hydrogen-bond donors (Lipinski definition) is 1. The van der Waals surface area contributed by atoms with Gasteiger partial charge in [-0.05, 0) is 24.4 Å². The molecule has 1 atom stereocenters. The predicted octanol–water partition coefficient (Wildman–Crippen LogP) is 2.64. The molecule has 2 nitrogen and oxygen atoms in total. The highest BCUT2D eigenvalue weighted by Gasteiger charge is 2.38. The van der Waals surface area contributed by atoms with E-state index in [1.165, 1.54) is 0 Å². The van der Waals surface area contributed by atoms with E-state index in [0.29, 0.717) is 0 Å². The van der Waals surface area contributed by atoms with E-state index in [0.717, 1.165) is 0 Å². The Morgan fingerprint density at radius 3 is 3.00 bits per heavy atom. The van der Waals surface area contributed by atoms with Gasteiger partial charge in [-0.3, -0.25) is 4.79 Å². The maximum Gasteiger partial charge on any atom is 0.157 e. The molecule has 1 unspecified atom stereocenters. The van der Waals surface area contributed by atoms with E-state index in [-0.39, 0.29) is 12.8 Å². The number of halogens is 1. The number of hydrogen-bond acceptors (Lipinski definition) is 2. The first kappa shape index (κ1) is 4.56. The zero-order valence-corrected chi connectivity index (χ0v) is 8.53. The van der Waals surface area contributed by atoms with Crippen molar-refractivity contribution in [2.24, 2.45) is 5.73 Å². The Labute approximate surface area is 106 Å². The fourth-order valence-electron chi connectivity index (χ4n) is 1.43. The van der Waals surface area contributed by atoms with E-state index in [4.69, 9.17) is 28.3 Å². The van der Waals surface area contributed by atoms with Crippen molar-refractivity contribution < 1.29 is 15.8 Å². The molecule has 1 aromatic rings. The maximum atomic E-state index is 12.5. The average Bonchev–Trinajstić information content (AvgIpc) is 2.47. The number of benzene rings is 1. The summed E-state index contributed by atoms with van der Waals surface area (Å²) in [6.45, 7) is 0. The highest BCUT2D eigenvalue weighted by atomic mass is 35.5. The summed E-state index contributed by atoms with van der Waals surface area (Å²) in [4.78, 5) is 12.5. The van der Waals surface area contributed by atoms with Crippen LogP contribution in [0.1, 0.15) is 42.1 Å². The van der Waals surface area contributed by atoms with Gasteiger partial charge < -0.3 is 5.73 Å². The number of carbonyl (C=O) groups is 1. The van der Waals surface area contributed by atoms with Crippen molar-refractivity contribution in [1.29, 1.82) is 0 Å². The number of ketones is 1. The second-order valence-electron chi connectivity index (χ2n) is 3.18. The minimum absolute atomic E-state index is 0.374. The maximum absolute atomic E-state index is 12.5. The third-order valence-electron chi connectivity index (χ3n) is 2.21. The monoisotopic (exact) mass is 231 g/mol. The van der Waals surface area contributed by atoms with Crippen LogP contribution < -0.4 is 5.73 Å². The Hall–Kier alpha value is -0.860. The van der Waals surface area contributed by atoms with Crippen LogP contribution in [-0.2, 0) is 10.3 Å². The van der Waals surface area contributed by atoms with Crippen LogP contribution in [-0.4, -0.2) is 5.78 Å². The van der Waals surface area contributed by atoms with Gasteiger partial charge in [0.15, 0.2) is 5.78 Å². The molecular weight excluding hydrogens is 210 g/mol. The molecule has 2 rings (SSSR count). The van der Waals surface area contributed by atoms with Crippen LogP contribution in [0.15, 0.2) is 24.2 Å². The lowest BCUT2D eigenvalue weighted by molar-refractivity contribution is -0.126. The molecule has 1 aliphatic carbocycles. The molecule has 1 aliphatic rings. The fraction of sp³-hybridized carbons (Fsp3) is 0.417. The van der Waals surface area contributed by atoms with Gasteiger partial charge in [0.25, 0.3) is 0 Å². The number of Topliss-reactive ketones (excluding diaryl/α,β-unsaturated/α-hetero) is 1. The largest absolute Gasteiger partial charge is 0.315 e. The molecule has 0 spiro atoms. The zero-order chi connectivity index (χ0) is 18.0. The number of nitrogens with two attached hydrogens (primary N) is 1. The summed E-state index contributed by atoms with van der Waals surface area (Å²) in [6.07, 6.45) is -5.60. The second kappa shape index (κ2) is 3.95. The lowest BCUT2D eigenvalue weighted by Gasteiger charge is -2.32. The standard InChI is InChI=1S/C12H14ClNO/c13-10-6-2-1-5-9(10)12(14)8-4-3-7-11(12)15/h1-2,5-6H,3-4,7-8,14H2/i1D,2D,5D,6D,7D2,8D2. The summed E-state index contributed by atoms with van der Waals surface area (Å²) in [7, 11) is 0. The van der Waals surface area contributed by atoms with Crippen LogP contribution in [0.4, 0.5) is 0 Å². The van der Waals surface area contributed by atoms with Crippen molar-refractivity contribution in [2.45, 2.75) is 31.1 Å². The van der Waals surface area contributed by atoms with Crippen molar-refractivity contribution >= 4 is 17.4 Å². The molecule has 15 heavy (non-hydrogen) atoms. The van der Waals surface area contributed by atoms with Gasteiger partial charge in [-0.15, -0.1) is 0 Å². The van der Waals surface area contributed by atoms with Crippen LogP contribution in [0.5, 0.6) is 0 Å². The highest BCUT2D eigenvalue weighted by Crippen LogP contribution is 2.35. The lowest BCUT2D eigenvalue weighted by atomic mass is 9.76. The molecular formula is C12H14ClNO. The van der Waals surface area contributed by atoms with Gasteiger partial charge in [0.05, 0.1) is 5.48 Å². The molecule has 80 valence electrons. The van der Waals surface area contributed by atoms with E-state index in [1.807, 2.05) is 0 Å². The Morgan fingerprint density at radius 2 is 2.20 bits per heavy atom. The Bertz CT molecular complexity index is 678. The van der Waals surface area contributed by atoms with Crippen molar-refractivity contribution in [3.05, 3.63) is 34.8 Å². The fourth-order valence-corrected chi connectivity index (χ4v) is 1.67. The van der Waals surface area contributed by atoms with Gasteiger partial charge in [0.1, 0.15) is 5.54 Å². The molecule has 1 aromatic carbocycles. The third kappa shape index (κ3) is 1.80. The van der Waals surface area contributed by atoms with E-state index in [9.17, 15) is 4.79 Å². The first-order chi connectivity index (χ1) is 10.3. The van der Waals surface area contributed by atoms with Crippen molar-refractivity contribution in [1.82, 2.24) is 0 Å². The van der Waals surface area contributed by atoms with E-state index < -0.39 is 58.8 Å². The average molecular weight is 232 g/mol. The smallest absolute Gasteiger partial charge is 0.157 e. The van der Waals surface area contributed by atoms with Gasteiger partial charge in [-0.2, -0.15) is 0 Å². The summed E-state index contributed by atoms with van der Waals surface area (Å²) in [5.41, 5.74) is 2.75. The predicted molar refractivity (Wildman–Crippen MR) is 60.8 cm³/mol. The molecule has 0 aliphatic heterocycles. The highest BCUT2D eigenvalue weighted by molar-refractivity contribution is 6.31. The van der Waals surface area contributed by atoms with Crippen molar-refractivity contribution in [3.63, 3.8) is 0 Å². The summed E-state index contributed by atoms with van der Waals surface area (Å²) in [5.74, 6) is -1.28. The summed E-state index contributed by atoms with van der Waals surface area (Å²) in [5, 5.41) is -0.576. The summed E-state index contributed by atoms with van der Waals surface area (Å²) < 4.78 is 62.5. The van der Waals surface area contributed by atoms with Gasteiger partial charge in [0, 0.05) is 16.9 Å². The Kier molecular flexibility index (Phi) is 1.20. The van der Waals surface area contributed by atoms with Crippen molar-refractivity contribution in [3.8, 4) is 0 Å². The Morgan fingerprint density at radius 1 is 1.47 bits per heavy atom.